The van der Waals surface area contributed by atoms with Crippen LogP contribution in [-0.2, 0) is 19.1 Å². The van der Waals surface area contributed by atoms with Gasteiger partial charge in [0.2, 0.25) is 5.91 Å². The molecule has 14 heteroatoms. The number of amides is 4. The van der Waals surface area contributed by atoms with Crippen molar-refractivity contribution >= 4 is 40.7 Å². The molecule has 2 saturated heterocycles. The minimum atomic E-state index is -1.15. The van der Waals surface area contributed by atoms with Gasteiger partial charge in [0, 0.05) is 63.0 Å². The molecule has 0 radical (unpaired) electrons. The standard InChI is InChI=1S/C33H38N6O8/c1-2-46-33(45)38-17-15-37(16-18-38)32(44)25(11-12-30(41)42)36-31(43)26-19-28(23-8-3-4-9-24(23)35-26)47-21-29(40)39-14-6-10-27(39)22-7-5-13-34-20-22/h3-5,7-9,13,19-20,25,27H,2,6,10-12,14-18,21H2,1H3,(H,36,43)(H,41,42)/t25-,27?/m0/s1. The molecule has 4 amide bonds. The first-order valence-electron chi connectivity index (χ1n) is 15.7. The molecule has 2 aliphatic heterocycles. The number of nitrogens with zero attached hydrogens (tertiary/aromatic N) is 5. The lowest BCUT2D eigenvalue weighted by molar-refractivity contribution is -0.138. The van der Waals surface area contributed by atoms with E-state index < -0.39 is 29.9 Å². The highest BCUT2D eigenvalue weighted by atomic mass is 16.6. The summed E-state index contributed by atoms with van der Waals surface area (Å²) in [5.74, 6) is -2.20. The molecule has 0 aliphatic carbocycles. The van der Waals surface area contributed by atoms with Gasteiger partial charge in [-0.15, -0.1) is 0 Å². The maximum atomic E-state index is 13.5. The third-order valence-corrected chi connectivity index (χ3v) is 8.27. The number of fused-ring (bicyclic) bond motifs is 1. The molecule has 2 N–H and O–H groups in total. The van der Waals surface area contributed by atoms with E-state index in [2.05, 4.69) is 15.3 Å². The molecular formula is C33H38N6O8. The molecule has 0 bridgehead atoms. The van der Waals surface area contributed by atoms with Crippen molar-refractivity contribution in [3.05, 3.63) is 66.1 Å². The highest BCUT2D eigenvalue weighted by Crippen LogP contribution is 2.32. The Bertz CT molecular complexity index is 1610. The van der Waals surface area contributed by atoms with Crippen molar-refractivity contribution in [3.63, 3.8) is 0 Å². The van der Waals surface area contributed by atoms with Crippen LogP contribution in [0.2, 0.25) is 0 Å². The number of carbonyl (C=O) groups excluding carboxylic acids is 4. The van der Waals surface area contributed by atoms with Gasteiger partial charge in [0.15, 0.2) is 6.61 Å². The molecule has 2 fully saturated rings. The van der Waals surface area contributed by atoms with Crippen molar-refractivity contribution in [2.24, 2.45) is 0 Å². The van der Waals surface area contributed by atoms with Crippen LogP contribution >= 0.6 is 0 Å². The van der Waals surface area contributed by atoms with Crippen LogP contribution in [0.4, 0.5) is 4.79 Å². The van der Waals surface area contributed by atoms with Crippen molar-refractivity contribution in [1.82, 2.24) is 30.0 Å². The molecule has 47 heavy (non-hydrogen) atoms. The maximum Gasteiger partial charge on any atom is 0.409 e. The Morgan fingerprint density at radius 2 is 1.79 bits per heavy atom. The number of hydrogen-bond acceptors (Lipinski definition) is 9. The lowest BCUT2D eigenvalue weighted by Gasteiger charge is -2.35. The van der Waals surface area contributed by atoms with Gasteiger partial charge in [-0.25, -0.2) is 9.78 Å². The summed E-state index contributed by atoms with van der Waals surface area (Å²) in [6.07, 6.45) is 4.17. The molecule has 5 rings (SSSR count). The van der Waals surface area contributed by atoms with Gasteiger partial charge < -0.3 is 34.6 Å². The fraction of sp³-hybridized carbons (Fsp3) is 0.424. The smallest absolute Gasteiger partial charge is 0.409 e. The minimum absolute atomic E-state index is 0.0548. The number of aliphatic carboxylic acids is 1. The molecule has 2 aromatic heterocycles. The predicted octanol–water partition coefficient (Wildman–Crippen LogP) is 2.64. The fourth-order valence-electron chi connectivity index (χ4n) is 5.89. The number of para-hydroxylation sites is 1. The number of rotatable bonds is 11. The van der Waals surface area contributed by atoms with Gasteiger partial charge in [-0.2, -0.15) is 0 Å². The van der Waals surface area contributed by atoms with E-state index in [1.54, 1.807) is 48.5 Å². The van der Waals surface area contributed by atoms with Gasteiger partial charge >= 0.3 is 12.1 Å². The van der Waals surface area contributed by atoms with Crippen LogP contribution in [0.15, 0.2) is 54.9 Å². The fourth-order valence-corrected chi connectivity index (χ4v) is 5.89. The molecule has 1 unspecified atom stereocenters. The quantitative estimate of drug-likeness (QED) is 0.316. The Balaban J connectivity index is 1.30. The van der Waals surface area contributed by atoms with Gasteiger partial charge in [-0.05, 0) is 49.9 Å². The summed E-state index contributed by atoms with van der Waals surface area (Å²) in [4.78, 5) is 77.2. The van der Waals surface area contributed by atoms with Crippen molar-refractivity contribution in [3.8, 4) is 5.75 Å². The van der Waals surface area contributed by atoms with Crippen LogP contribution in [-0.4, -0.2) is 112 Å². The Labute approximate surface area is 271 Å². The van der Waals surface area contributed by atoms with E-state index in [1.807, 2.05) is 12.1 Å². The first-order chi connectivity index (χ1) is 22.7. The lowest BCUT2D eigenvalue weighted by atomic mass is 10.1. The monoisotopic (exact) mass is 646 g/mol. The van der Waals surface area contributed by atoms with E-state index in [0.717, 1.165) is 18.4 Å². The van der Waals surface area contributed by atoms with E-state index in [4.69, 9.17) is 9.47 Å². The molecule has 0 spiro atoms. The molecule has 248 valence electrons. The SMILES string of the molecule is CCOC(=O)N1CCN(C(=O)[C@H](CCC(=O)O)NC(=O)c2cc(OCC(=O)N3CCCC3c3cccnc3)c3ccccc3n2)CC1. The second-order valence-corrected chi connectivity index (χ2v) is 11.3. The van der Waals surface area contributed by atoms with E-state index in [9.17, 15) is 29.1 Å². The Kier molecular flexibility index (Phi) is 10.8. The van der Waals surface area contributed by atoms with Gasteiger partial charge in [0.1, 0.15) is 17.5 Å². The number of carboxylic acids is 1. The summed E-state index contributed by atoms with van der Waals surface area (Å²) < 4.78 is 11.1. The molecule has 2 aliphatic rings. The van der Waals surface area contributed by atoms with E-state index in [0.29, 0.717) is 17.4 Å². The number of carbonyl (C=O) groups is 5. The molecule has 3 aromatic rings. The number of likely N-dealkylation sites (tertiary alicyclic amines) is 1. The van der Waals surface area contributed by atoms with E-state index >= 15 is 0 Å². The summed E-state index contributed by atoms with van der Waals surface area (Å²) >= 11 is 0. The second kappa shape index (κ2) is 15.3. The topological polar surface area (TPSA) is 172 Å². The second-order valence-electron chi connectivity index (χ2n) is 11.3. The number of ether oxygens (including phenoxy) is 2. The first-order valence-corrected chi connectivity index (χ1v) is 15.7. The summed E-state index contributed by atoms with van der Waals surface area (Å²) in [7, 11) is 0. The number of nitrogens with one attached hydrogen (secondary N) is 1. The number of pyridine rings is 2. The molecule has 0 saturated carbocycles. The summed E-state index contributed by atoms with van der Waals surface area (Å²) in [6, 6.07) is 11.0. The maximum absolute atomic E-state index is 13.5. The average Bonchev–Trinajstić information content (AvgIpc) is 3.59. The molecule has 14 nitrogen and oxygen atoms in total. The summed E-state index contributed by atoms with van der Waals surface area (Å²) in [5, 5.41) is 12.6. The molecule has 2 atom stereocenters. The highest BCUT2D eigenvalue weighted by Gasteiger charge is 2.32. The zero-order valence-corrected chi connectivity index (χ0v) is 26.2. The molecule has 1 aromatic carbocycles. The third kappa shape index (κ3) is 8.12. The minimum Gasteiger partial charge on any atom is -0.483 e. The van der Waals surface area contributed by atoms with Gasteiger partial charge in [0.25, 0.3) is 11.8 Å². The van der Waals surface area contributed by atoms with Gasteiger partial charge in [-0.3, -0.25) is 24.2 Å². The number of piperazine rings is 1. The third-order valence-electron chi connectivity index (χ3n) is 8.27. The summed E-state index contributed by atoms with van der Waals surface area (Å²) in [6.45, 7) is 3.18. The van der Waals surface area contributed by atoms with Crippen molar-refractivity contribution in [2.45, 2.75) is 44.7 Å². The summed E-state index contributed by atoms with van der Waals surface area (Å²) in [5.41, 5.74) is 1.35. The molecule has 4 heterocycles. The van der Waals surface area contributed by atoms with Crippen LogP contribution in [0.3, 0.4) is 0 Å². The van der Waals surface area contributed by atoms with Crippen LogP contribution in [0.5, 0.6) is 5.75 Å². The van der Waals surface area contributed by atoms with E-state index in [-0.39, 0.29) is 75.6 Å². The average molecular weight is 647 g/mol. The van der Waals surface area contributed by atoms with Crippen molar-refractivity contribution in [1.29, 1.82) is 0 Å². The van der Waals surface area contributed by atoms with Crippen LogP contribution in [0, 0.1) is 0 Å². The van der Waals surface area contributed by atoms with E-state index in [1.165, 1.54) is 15.9 Å². The zero-order chi connectivity index (χ0) is 33.3. The Morgan fingerprint density at radius 3 is 2.51 bits per heavy atom. The highest BCUT2D eigenvalue weighted by molar-refractivity contribution is 5.99. The molecular weight excluding hydrogens is 608 g/mol. The predicted molar refractivity (Wildman–Crippen MR) is 168 cm³/mol. The normalized spacial score (nSPS) is 16.9. The Hall–Kier alpha value is -5.27. The van der Waals surface area contributed by atoms with Crippen molar-refractivity contribution < 1.29 is 38.6 Å². The number of carboxylic acid groups (broad SMARTS) is 1. The van der Waals surface area contributed by atoms with Crippen LogP contribution < -0.4 is 10.1 Å². The van der Waals surface area contributed by atoms with Gasteiger partial charge in [-0.1, -0.05) is 18.2 Å². The Morgan fingerprint density at radius 1 is 1.02 bits per heavy atom. The van der Waals surface area contributed by atoms with Crippen LogP contribution in [0.1, 0.15) is 54.7 Å². The van der Waals surface area contributed by atoms with Gasteiger partial charge in [0.05, 0.1) is 18.2 Å². The van der Waals surface area contributed by atoms with Crippen molar-refractivity contribution in [2.75, 3.05) is 45.9 Å². The zero-order valence-electron chi connectivity index (χ0n) is 26.2. The number of hydrogen-bond donors (Lipinski definition) is 2. The number of benzene rings is 1. The van der Waals surface area contributed by atoms with Crippen LogP contribution in [0.25, 0.3) is 10.9 Å². The largest absolute Gasteiger partial charge is 0.483 e. The number of aromatic nitrogens is 2. The lowest BCUT2D eigenvalue weighted by Crippen LogP contribution is -2.56. The first kappa shape index (κ1) is 33.1.